The van der Waals surface area contributed by atoms with Crippen LogP contribution in [0, 0.1) is 0 Å². The van der Waals surface area contributed by atoms with Crippen LogP contribution >= 0.6 is 0 Å². The summed E-state index contributed by atoms with van der Waals surface area (Å²) in [6.45, 7) is 3.52. The third-order valence-corrected chi connectivity index (χ3v) is 4.40. The van der Waals surface area contributed by atoms with E-state index in [-0.39, 0.29) is 24.0 Å². The number of carbonyl (C=O) groups is 2. The third kappa shape index (κ3) is 3.14. The first-order valence-electron chi connectivity index (χ1n) is 7.98. The maximum Gasteiger partial charge on any atom is 0.251 e. The van der Waals surface area contributed by atoms with E-state index in [0.29, 0.717) is 12.0 Å². The highest BCUT2D eigenvalue weighted by atomic mass is 16.5. The summed E-state index contributed by atoms with van der Waals surface area (Å²) in [5, 5.41) is 2.99. The van der Waals surface area contributed by atoms with Crippen LogP contribution in [0.2, 0.25) is 0 Å². The second-order valence-corrected chi connectivity index (χ2v) is 6.01. The standard InChI is InChI=1S/C17H22N2O3/c1-12(15-4-3-11-22-15)18-17(21)13-6-8-14(9-7-13)19-10-2-5-16(19)20/h6-9,12,15H,2-5,10-11H2,1H3,(H,18,21)/t12-,15-/m1/s1. The molecule has 0 aromatic heterocycles. The molecule has 118 valence electrons. The van der Waals surface area contributed by atoms with Crippen molar-refractivity contribution < 1.29 is 14.3 Å². The van der Waals surface area contributed by atoms with E-state index < -0.39 is 0 Å². The van der Waals surface area contributed by atoms with Gasteiger partial charge in [-0.05, 0) is 50.5 Å². The van der Waals surface area contributed by atoms with E-state index in [0.717, 1.165) is 38.1 Å². The fourth-order valence-corrected chi connectivity index (χ4v) is 3.09. The first kappa shape index (κ1) is 15.0. The summed E-state index contributed by atoms with van der Waals surface area (Å²) in [6, 6.07) is 7.25. The number of anilines is 1. The lowest BCUT2D eigenvalue weighted by molar-refractivity contribution is -0.117. The van der Waals surface area contributed by atoms with E-state index in [2.05, 4.69) is 5.32 Å². The quantitative estimate of drug-likeness (QED) is 0.926. The van der Waals surface area contributed by atoms with Crippen molar-refractivity contribution >= 4 is 17.5 Å². The Morgan fingerprint density at radius 2 is 2.09 bits per heavy atom. The fraction of sp³-hybridized carbons (Fsp3) is 0.529. The number of nitrogens with one attached hydrogen (secondary N) is 1. The van der Waals surface area contributed by atoms with Gasteiger partial charge in [-0.25, -0.2) is 0 Å². The lowest BCUT2D eigenvalue weighted by atomic mass is 10.1. The number of hydrogen-bond donors (Lipinski definition) is 1. The van der Waals surface area contributed by atoms with Crippen molar-refractivity contribution in [3.8, 4) is 0 Å². The molecule has 0 unspecified atom stereocenters. The number of ether oxygens (including phenoxy) is 1. The van der Waals surface area contributed by atoms with Gasteiger partial charge in [-0.15, -0.1) is 0 Å². The first-order valence-corrected chi connectivity index (χ1v) is 7.98. The van der Waals surface area contributed by atoms with Crippen LogP contribution in [-0.2, 0) is 9.53 Å². The zero-order valence-corrected chi connectivity index (χ0v) is 12.9. The normalized spacial score (nSPS) is 22.9. The fourth-order valence-electron chi connectivity index (χ4n) is 3.09. The average Bonchev–Trinajstić information content (AvgIpc) is 3.18. The van der Waals surface area contributed by atoms with Crippen LogP contribution in [0.1, 0.15) is 43.0 Å². The van der Waals surface area contributed by atoms with Crippen molar-refractivity contribution in [2.45, 2.75) is 44.8 Å². The predicted octanol–water partition coefficient (Wildman–Crippen LogP) is 2.11. The van der Waals surface area contributed by atoms with E-state index in [1.807, 2.05) is 19.1 Å². The highest BCUT2D eigenvalue weighted by Gasteiger charge is 2.24. The Hall–Kier alpha value is -1.88. The number of rotatable bonds is 4. The molecule has 3 rings (SSSR count). The molecule has 2 saturated heterocycles. The van der Waals surface area contributed by atoms with Crippen LogP contribution in [-0.4, -0.2) is 37.1 Å². The maximum atomic E-state index is 12.3. The minimum absolute atomic E-state index is 0.00911. The molecule has 2 fully saturated rings. The van der Waals surface area contributed by atoms with Crippen molar-refractivity contribution in [3.63, 3.8) is 0 Å². The molecule has 22 heavy (non-hydrogen) atoms. The zero-order valence-electron chi connectivity index (χ0n) is 12.9. The summed E-state index contributed by atoms with van der Waals surface area (Å²) in [7, 11) is 0. The highest BCUT2D eigenvalue weighted by Crippen LogP contribution is 2.22. The molecule has 2 aliphatic rings. The van der Waals surface area contributed by atoms with Gasteiger partial charge in [0.1, 0.15) is 0 Å². The second-order valence-electron chi connectivity index (χ2n) is 6.01. The lowest BCUT2D eigenvalue weighted by Crippen LogP contribution is -2.40. The molecular weight excluding hydrogens is 280 g/mol. The van der Waals surface area contributed by atoms with Gasteiger partial charge < -0.3 is 15.0 Å². The Morgan fingerprint density at radius 3 is 2.68 bits per heavy atom. The molecule has 0 aliphatic carbocycles. The first-order chi connectivity index (χ1) is 10.6. The van der Waals surface area contributed by atoms with Crippen LogP contribution < -0.4 is 10.2 Å². The third-order valence-electron chi connectivity index (χ3n) is 4.40. The number of benzene rings is 1. The van der Waals surface area contributed by atoms with Crippen LogP contribution in [0.3, 0.4) is 0 Å². The van der Waals surface area contributed by atoms with Gasteiger partial charge in [-0.2, -0.15) is 0 Å². The minimum Gasteiger partial charge on any atom is -0.376 e. The number of hydrogen-bond acceptors (Lipinski definition) is 3. The van der Waals surface area contributed by atoms with Gasteiger partial charge in [-0.1, -0.05) is 0 Å². The predicted molar refractivity (Wildman–Crippen MR) is 83.9 cm³/mol. The summed E-state index contributed by atoms with van der Waals surface area (Å²) < 4.78 is 5.59. The Labute approximate surface area is 130 Å². The summed E-state index contributed by atoms with van der Waals surface area (Å²) >= 11 is 0. The van der Waals surface area contributed by atoms with Crippen LogP contribution in [0.25, 0.3) is 0 Å². The van der Waals surface area contributed by atoms with Gasteiger partial charge in [0.15, 0.2) is 0 Å². The minimum atomic E-state index is -0.0951. The number of carbonyl (C=O) groups excluding carboxylic acids is 2. The van der Waals surface area contributed by atoms with E-state index in [1.54, 1.807) is 17.0 Å². The Balaban J connectivity index is 1.62. The summed E-state index contributed by atoms with van der Waals surface area (Å²) in [6.07, 6.45) is 3.69. The van der Waals surface area contributed by atoms with Crippen molar-refractivity contribution in [2.24, 2.45) is 0 Å². The van der Waals surface area contributed by atoms with E-state index in [9.17, 15) is 9.59 Å². The zero-order chi connectivity index (χ0) is 15.5. The van der Waals surface area contributed by atoms with Crippen molar-refractivity contribution in [1.82, 2.24) is 5.32 Å². The maximum absolute atomic E-state index is 12.3. The number of amides is 2. The Morgan fingerprint density at radius 1 is 1.32 bits per heavy atom. The summed E-state index contributed by atoms with van der Waals surface area (Å²) in [4.78, 5) is 25.8. The van der Waals surface area contributed by atoms with Crippen molar-refractivity contribution in [3.05, 3.63) is 29.8 Å². The lowest BCUT2D eigenvalue weighted by Gasteiger charge is -2.20. The van der Waals surface area contributed by atoms with Gasteiger partial charge in [0.05, 0.1) is 12.1 Å². The van der Waals surface area contributed by atoms with E-state index in [4.69, 9.17) is 4.74 Å². The molecule has 1 aromatic rings. The molecule has 1 aromatic carbocycles. The second kappa shape index (κ2) is 6.48. The molecule has 2 aliphatic heterocycles. The molecule has 0 bridgehead atoms. The van der Waals surface area contributed by atoms with Crippen molar-refractivity contribution in [1.29, 1.82) is 0 Å². The Kier molecular flexibility index (Phi) is 4.43. The van der Waals surface area contributed by atoms with Crippen LogP contribution in [0.5, 0.6) is 0 Å². The molecule has 1 N–H and O–H groups in total. The van der Waals surface area contributed by atoms with Gasteiger partial charge in [0.25, 0.3) is 5.91 Å². The van der Waals surface area contributed by atoms with E-state index >= 15 is 0 Å². The van der Waals surface area contributed by atoms with Gasteiger partial charge in [0, 0.05) is 30.8 Å². The van der Waals surface area contributed by atoms with Gasteiger partial charge in [-0.3, -0.25) is 9.59 Å². The van der Waals surface area contributed by atoms with E-state index in [1.165, 1.54) is 0 Å². The summed E-state index contributed by atoms with van der Waals surface area (Å²) in [5.74, 6) is 0.0616. The smallest absolute Gasteiger partial charge is 0.251 e. The molecule has 5 nitrogen and oxygen atoms in total. The molecule has 2 atom stereocenters. The topological polar surface area (TPSA) is 58.6 Å². The van der Waals surface area contributed by atoms with Gasteiger partial charge in [0.2, 0.25) is 5.91 Å². The van der Waals surface area contributed by atoms with Crippen LogP contribution in [0.4, 0.5) is 5.69 Å². The van der Waals surface area contributed by atoms with Gasteiger partial charge >= 0.3 is 0 Å². The molecule has 2 heterocycles. The summed E-state index contributed by atoms with van der Waals surface area (Å²) in [5.41, 5.74) is 1.48. The molecular formula is C17H22N2O3. The SMILES string of the molecule is C[C@@H](NC(=O)c1ccc(N2CCCC2=O)cc1)[C@H]1CCCO1. The molecule has 2 amide bonds. The van der Waals surface area contributed by atoms with Crippen molar-refractivity contribution in [2.75, 3.05) is 18.1 Å². The largest absolute Gasteiger partial charge is 0.376 e. The molecule has 0 spiro atoms. The highest BCUT2D eigenvalue weighted by molar-refractivity contribution is 5.97. The molecule has 0 radical (unpaired) electrons. The molecule has 0 saturated carbocycles. The Bertz CT molecular complexity index is 550. The van der Waals surface area contributed by atoms with Crippen LogP contribution in [0.15, 0.2) is 24.3 Å². The molecule has 5 heteroatoms. The monoisotopic (exact) mass is 302 g/mol. The average molecular weight is 302 g/mol. The number of nitrogens with zero attached hydrogens (tertiary/aromatic N) is 1.